The first-order chi connectivity index (χ1) is 12.0. The third-order valence-electron chi connectivity index (χ3n) is 4.75. The summed E-state index contributed by atoms with van der Waals surface area (Å²) in [4.78, 5) is 14.6. The lowest BCUT2D eigenvalue weighted by Gasteiger charge is -2.38. The molecule has 1 aromatic rings. The van der Waals surface area contributed by atoms with Crippen molar-refractivity contribution >= 4 is 21.7 Å². The summed E-state index contributed by atoms with van der Waals surface area (Å²) in [6.07, 6.45) is 2.09. The molecule has 0 saturated carbocycles. The van der Waals surface area contributed by atoms with Gasteiger partial charge in [0.15, 0.2) is 5.78 Å². The highest BCUT2D eigenvalue weighted by atomic mass is 79.9. The van der Waals surface area contributed by atoms with Crippen molar-refractivity contribution in [3.8, 4) is 11.8 Å². The molecular formula is C19H20BrN3O2. The number of carbonyl (C=O) groups excluding carboxylic acids is 1. The largest absolute Gasteiger partial charge is 0.494 e. The number of nitrogens with zero attached hydrogens (tertiary/aromatic N) is 2. The van der Waals surface area contributed by atoms with E-state index in [1.165, 1.54) is 0 Å². The van der Waals surface area contributed by atoms with E-state index in [1.54, 1.807) is 4.90 Å². The predicted molar refractivity (Wildman–Crippen MR) is 98.5 cm³/mol. The minimum absolute atomic E-state index is 0.0840. The van der Waals surface area contributed by atoms with Crippen molar-refractivity contribution in [1.82, 2.24) is 4.90 Å². The van der Waals surface area contributed by atoms with E-state index in [-0.39, 0.29) is 5.78 Å². The van der Waals surface area contributed by atoms with Crippen LogP contribution in [0.5, 0.6) is 5.75 Å². The molecule has 1 atom stereocenters. The smallest absolute Gasteiger partial charge is 0.161 e. The first-order valence-corrected chi connectivity index (χ1v) is 9.10. The number of ketones is 1. The molecule has 1 aliphatic carbocycles. The van der Waals surface area contributed by atoms with E-state index in [9.17, 15) is 10.1 Å². The van der Waals surface area contributed by atoms with E-state index < -0.39 is 5.92 Å². The van der Waals surface area contributed by atoms with E-state index in [4.69, 9.17) is 10.5 Å². The summed E-state index contributed by atoms with van der Waals surface area (Å²) in [7, 11) is 1.82. The van der Waals surface area contributed by atoms with Crippen LogP contribution in [0.25, 0.3) is 0 Å². The average molecular weight is 402 g/mol. The highest BCUT2D eigenvalue weighted by Crippen LogP contribution is 2.47. The van der Waals surface area contributed by atoms with Gasteiger partial charge in [0.05, 0.1) is 24.2 Å². The lowest BCUT2D eigenvalue weighted by atomic mass is 9.75. The zero-order valence-corrected chi connectivity index (χ0v) is 15.9. The molecule has 0 fully saturated rings. The van der Waals surface area contributed by atoms with Gasteiger partial charge < -0.3 is 15.4 Å². The van der Waals surface area contributed by atoms with E-state index in [1.807, 2.05) is 32.2 Å². The molecule has 1 aromatic carbocycles. The summed E-state index contributed by atoms with van der Waals surface area (Å²) in [6, 6.07) is 7.90. The second-order valence-corrected chi connectivity index (χ2v) is 7.07. The SMILES string of the molecule is CCOc1ccc(Br)cc1[C@@H]1C(C#N)=C(N)N(C)C2=C1C(=O)CCC2. The van der Waals surface area contributed by atoms with E-state index in [0.29, 0.717) is 35.7 Å². The Morgan fingerprint density at radius 1 is 1.44 bits per heavy atom. The Balaban J connectivity index is 2.28. The van der Waals surface area contributed by atoms with Crippen LogP contribution in [0.15, 0.2) is 45.3 Å². The fraction of sp³-hybridized carbons (Fsp3) is 0.368. The molecule has 1 aliphatic heterocycles. The topological polar surface area (TPSA) is 79.3 Å². The van der Waals surface area contributed by atoms with Gasteiger partial charge in [-0.15, -0.1) is 0 Å². The molecular weight excluding hydrogens is 382 g/mol. The molecule has 130 valence electrons. The summed E-state index contributed by atoms with van der Waals surface area (Å²) < 4.78 is 6.64. The maximum atomic E-state index is 12.8. The van der Waals surface area contributed by atoms with Gasteiger partial charge in [0.2, 0.25) is 0 Å². The number of halogens is 1. The van der Waals surface area contributed by atoms with Crippen LogP contribution in [-0.2, 0) is 4.79 Å². The van der Waals surface area contributed by atoms with Gasteiger partial charge in [0.25, 0.3) is 0 Å². The number of hydrogen-bond donors (Lipinski definition) is 1. The Morgan fingerprint density at radius 2 is 2.20 bits per heavy atom. The number of nitrogens with two attached hydrogens (primary N) is 1. The quantitative estimate of drug-likeness (QED) is 0.836. The summed E-state index contributed by atoms with van der Waals surface area (Å²) in [5.74, 6) is 0.679. The Bertz CT molecular complexity index is 836. The average Bonchev–Trinajstić information content (AvgIpc) is 2.60. The number of hydrogen-bond acceptors (Lipinski definition) is 5. The molecule has 0 saturated heterocycles. The van der Waals surface area contributed by atoms with Crippen molar-refractivity contribution in [2.24, 2.45) is 5.73 Å². The van der Waals surface area contributed by atoms with Crippen LogP contribution in [-0.4, -0.2) is 24.3 Å². The van der Waals surface area contributed by atoms with Crippen molar-refractivity contribution in [2.75, 3.05) is 13.7 Å². The molecule has 25 heavy (non-hydrogen) atoms. The summed E-state index contributed by atoms with van der Waals surface area (Å²) in [6.45, 7) is 2.41. The fourth-order valence-electron chi connectivity index (χ4n) is 3.61. The Morgan fingerprint density at radius 3 is 2.88 bits per heavy atom. The van der Waals surface area contributed by atoms with Gasteiger partial charge in [0, 0.05) is 34.8 Å². The molecule has 1 heterocycles. The zero-order valence-electron chi connectivity index (χ0n) is 14.3. The van der Waals surface area contributed by atoms with Gasteiger partial charge in [-0.3, -0.25) is 4.79 Å². The van der Waals surface area contributed by atoms with Crippen LogP contribution >= 0.6 is 15.9 Å². The van der Waals surface area contributed by atoms with E-state index in [0.717, 1.165) is 28.6 Å². The van der Waals surface area contributed by atoms with Crippen LogP contribution in [0, 0.1) is 11.3 Å². The highest BCUT2D eigenvalue weighted by molar-refractivity contribution is 9.10. The fourth-order valence-corrected chi connectivity index (χ4v) is 3.98. The Kier molecular flexibility index (Phi) is 4.87. The van der Waals surface area contributed by atoms with E-state index >= 15 is 0 Å². The van der Waals surface area contributed by atoms with Crippen molar-refractivity contribution in [3.63, 3.8) is 0 Å². The molecule has 3 rings (SSSR count). The normalized spacial score (nSPS) is 20.5. The van der Waals surface area contributed by atoms with Crippen LogP contribution in [0.2, 0.25) is 0 Å². The molecule has 0 spiro atoms. The molecule has 0 amide bonds. The van der Waals surface area contributed by atoms with Gasteiger partial charge in [-0.1, -0.05) is 15.9 Å². The molecule has 0 unspecified atom stereocenters. The molecule has 2 aliphatic rings. The van der Waals surface area contributed by atoms with Crippen molar-refractivity contribution in [1.29, 1.82) is 5.26 Å². The molecule has 0 radical (unpaired) electrons. The van der Waals surface area contributed by atoms with Crippen LogP contribution < -0.4 is 10.5 Å². The van der Waals surface area contributed by atoms with Gasteiger partial charge >= 0.3 is 0 Å². The third-order valence-corrected chi connectivity index (χ3v) is 5.24. The van der Waals surface area contributed by atoms with E-state index in [2.05, 4.69) is 22.0 Å². The minimum atomic E-state index is -0.483. The van der Waals surface area contributed by atoms with Gasteiger partial charge in [-0.05, 0) is 38.0 Å². The number of ether oxygens (including phenoxy) is 1. The number of allylic oxidation sites excluding steroid dienone is 3. The first kappa shape index (κ1) is 17.6. The standard InChI is InChI=1S/C19H20BrN3O2/c1-3-25-16-8-7-11(20)9-12(16)17-13(10-21)19(22)23(2)14-5-4-6-15(24)18(14)17/h7-9,17H,3-6,22H2,1-2H3/t17-/m1/s1. The number of Topliss-reactive ketones (excluding diaryl/α,β-unsaturated/α-hetero) is 1. The second-order valence-electron chi connectivity index (χ2n) is 6.16. The molecule has 2 N–H and O–H groups in total. The number of carbonyl (C=O) groups is 1. The van der Waals surface area contributed by atoms with Crippen molar-refractivity contribution < 1.29 is 9.53 Å². The van der Waals surface area contributed by atoms with Crippen molar-refractivity contribution in [3.05, 3.63) is 50.9 Å². The molecule has 0 aromatic heterocycles. The molecule has 6 heteroatoms. The third kappa shape index (κ3) is 2.93. The summed E-state index contributed by atoms with van der Waals surface area (Å²) in [5, 5.41) is 9.78. The Hall–Kier alpha value is -2.26. The molecule has 5 nitrogen and oxygen atoms in total. The number of nitriles is 1. The summed E-state index contributed by atoms with van der Waals surface area (Å²) in [5.41, 5.74) is 9.05. The number of rotatable bonds is 3. The van der Waals surface area contributed by atoms with Crippen LogP contribution in [0.1, 0.15) is 37.7 Å². The second kappa shape index (κ2) is 6.93. The highest BCUT2D eigenvalue weighted by Gasteiger charge is 2.39. The lowest BCUT2D eigenvalue weighted by molar-refractivity contribution is -0.116. The van der Waals surface area contributed by atoms with Gasteiger partial charge in [-0.25, -0.2) is 0 Å². The van der Waals surface area contributed by atoms with Crippen LogP contribution in [0.3, 0.4) is 0 Å². The zero-order chi connectivity index (χ0) is 18.1. The maximum absolute atomic E-state index is 12.8. The van der Waals surface area contributed by atoms with Gasteiger partial charge in [-0.2, -0.15) is 5.26 Å². The predicted octanol–water partition coefficient (Wildman–Crippen LogP) is 3.58. The lowest BCUT2D eigenvalue weighted by Crippen LogP contribution is -2.36. The Labute approximate surface area is 155 Å². The molecule has 0 bridgehead atoms. The first-order valence-electron chi connectivity index (χ1n) is 8.31. The maximum Gasteiger partial charge on any atom is 0.161 e. The van der Waals surface area contributed by atoms with Crippen molar-refractivity contribution in [2.45, 2.75) is 32.1 Å². The summed E-state index contributed by atoms with van der Waals surface area (Å²) >= 11 is 3.49. The monoisotopic (exact) mass is 401 g/mol. The minimum Gasteiger partial charge on any atom is -0.494 e. The number of benzene rings is 1. The van der Waals surface area contributed by atoms with Gasteiger partial charge in [0.1, 0.15) is 11.6 Å². The van der Waals surface area contributed by atoms with Crippen LogP contribution in [0.4, 0.5) is 0 Å².